The Bertz CT molecular complexity index is 358. The highest BCUT2D eigenvalue weighted by Gasteiger charge is 2.17. The molecule has 16 heavy (non-hydrogen) atoms. The fourth-order valence-electron chi connectivity index (χ4n) is 1.73. The lowest BCUT2D eigenvalue weighted by molar-refractivity contribution is 0.0772. The fourth-order valence-corrected chi connectivity index (χ4v) is 2.63. The molecule has 3 nitrogen and oxygen atoms in total. The van der Waals surface area contributed by atoms with Gasteiger partial charge in [0.25, 0.3) is 5.91 Å². The quantitative estimate of drug-likeness (QED) is 0.851. The highest BCUT2D eigenvalue weighted by Crippen LogP contribution is 2.14. The summed E-state index contributed by atoms with van der Waals surface area (Å²) in [6.45, 7) is 1.74. The maximum atomic E-state index is 12.1. The van der Waals surface area contributed by atoms with Crippen LogP contribution in [0, 0.1) is 0 Å². The number of hydrogen-bond donors (Lipinski definition) is 1. The molecule has 1 fully saturated rings. The summed E-state index contributed by atoms with van der Waals surface area (Å²) in [4.78, 5) is 14.0. The molecule has 1 amide bonds. The van der Waals surface area contributed by atoms with Crippen molar-refractivity contribution in [2.75, 3.05) is 37.0 Å². The molecular formula is C12H16N2OS. The minimum atomic E-state index is 0.156. The number of benzene rings is 1. The molecule has 0 aromatic heterocycles. The Hall–Kier alpha value is -1.16. The molecule has 1 aliphatic rings. The normalized spacial score (nSPS) is 15.9. The van der Waals surface area contributed by atoms with Crippen molar-refractivity contribution in [3.63, 3.8) is 0 Å². The van der Waals surface area contributed by atoms with Gasteiger partial charge >= 0.3 is 0 Å². The lowest BCUT2D eigenvalue weighted by atomic mass is 10.2. The number of carbonyl (C=O) groups excluding carboxylic acids is 1. The van der Waals surface area contributed by atoms with Crippen LogP contribution in [-0.2, 0) is 0 Å². The first-order chi connectivity index (χ1) is 7.81. The van der Waals surface area contributed by atoms with Gasteiger partial charge in [0.1, 0.15) is 0 Å². The average Bonchev–Trinajstić information content (AvgIpc) is 2.39. The molecule has 4 heteroatoms. The summed E-state index contributed by atoms with van der Waals surface area (Å²) >= 11 is 1.91. The Morgan fingerprint density at radius 2 is 1.88 bits per heavy atom. The summed E-state index contributed by atoms with van der Waals surface area (Å²) in [6.07, 6.45) is 0. The van der Waals surface area contributed by atoms with Crippen molar-refractivity contribution in [2.24, 2.45) is 0 Å². The van der Waals surface area contributed by atoms with Gasteiger partial charge in [-0.3, -0.25) is 4.79 Å². The first kappa shape index (κ1) is 11.3. The van der Waals surface area contributed by atoms with Crippen molar-refractivity contribution in [1.82, 2.24) is 4.90 Å². The summed E-state index contributed by atoms with van der Waals surface area (Å²) < 4.78 is 0. The van der Waals surface area contributed by atoms with Gasteiger partial charge in [-0.05, 0) is 24.3 Å². The van der Waals surface area contributed by atoms with Crippen LogP contribution in [0.2, 0.25) is 0 Å². The van der Waals surface area contributed by atoms with Crippen LogP contribution in [0.4, 0.5) is 5.69 Å². The molecule has 0 aliphatic carbocycles. The molecule has 0 spiro atoms. The lowest BCUT2D eigenvalue weighted by Gasteiger charge is -2.26. The standard InChI is InChI=1S/C12H16N2OS/c1-13-11-4-2-10(3-5-11)12(15)14-6-8-16-9-7-14/h2-5,13H,6-9H2,1H3. The third-order valence-corrected chi connectivity index (χ3v) is 3.66. The maximum absolute atomic E-state index is 12.1. The number of carbonyl (C=O) groups is 1. The number of rotatable bonds is 2. The Morgan fingerprint density at radius 1 is 1.25 bits per heavy atom. The predicted octanol–water partition coefficient (Wildman–Crippen LogP) is 1.92. The number of thioether (sulfide) groups is 1. The third kappa shape index (κ3) is 2.50. The Labute approximate surface area is 100 Å². The van der Waals surface area contributed by atoms with Gasteiger partial charge in [-0.1, -0.05) is 0 Å². The molecule has 0 saturated carbocycles. The van der Waals surface area contributed by atoms with E-state index in [0.29, 0.717) is 0 Å². The molecule has 1 aromatic carbocycles. The fraction of sp³-hybridized carbons (Fsp3) is 0.417. The molecule has 1 heterocycles. The van der Waals surface area contributed by atoms with E-state index in [0.717, 1.165) is 35.8 Å². The Kier molecular flexibility index (Phi) is 3.72. The topological polar surface area (TPSA) is 32.3 Å². The van der Waals surface area contributed by atoms with Crippen LogP contribution in [0.25, 0.3) is 0 Å². The van der Waals surface area contributed by atoms with Gasteiger partial charge in [0.15, 0.2) is 0 Å². The van der Waals surface area contributed by atoms with Crippen molar-refractivity contribution < 1.29 is 4.79 Å². The summed E-state index contributed by atoms with van der Waals surface area (Å²) in [5.74, 6) is 2.27. The van der Waals surface area contributed by atoms with Crippen molar-refractivity contribution in [1.29, 1.82) is 0 Å². The first-order valence-electron chi connectivity index (χ1n) is 5.46. The lowest BCUT2D eigenvalue weighted by Crippen LogP contribution is -2.37. The molecule has 2 rings (SSSR count). The van der Waals surface area contributed by atoms with E-state index in [1.807, 2.05) is 48.0 Å². The summed E-state index contributed by atoms with van der Waals surface area (Å²) in [7, 11) is 1.87. The Balaban J connectivity index is 2.07. The molecule has 1 N–H and O–H groups in total. The second-order valence-corrected chi connectivity index (χ2v) is 4.96. The number of nitrogens with zero attached hydrogens (tertiary/aromatic N) is 1. The molecule has 1 aliphatic heterocycles. The van der Waals surface area contributed by atoms with Crippen LogP contribution < -0.4 is 5.32 Å². The number of hydrogen-bond acceptors (Lipinski definition) is 3. The van der Waals surface area contributed by atoms with Crippen molar-refractivity contribution in [3.05, 3.63) is 29.8 Å². The SMILES string of the molecule is CNc1ccc(C(=O)N2CCSCC2)cc1. The number of anilines is 1. The zero-order valence-corrected chi connectivity index (χ0v) is 10.2. The highest BCUT2D eigenvalue weighted by molar-refractivity contribution is 7.99. The van der Waals surface area contributed by atoms with Gasteiger partial charge in [0, 0.05) is 42.9 Å². The molecule has 1 aromatic rings. The van der Waals surface area contributed by atoms with Crippen LogP contribution in [0.5, 0.6) is 0 Å². The van der Waals surface area contributed by atoms with E-state index >= 15 is 0 Å². The third-order valence-electron chi connectivity index (χ3n) is 2.72. The van der Waals surface area contributed by atoms with Crippen molar-refractivity contribution >= 4 is 23.4 Å². The smallest absolute Gasteiger partial charge is 0.253 e. The van der Waals surface area contributed by atoms with Gasteiger partial charge in [-0.25, -0.2) is 0 Å². The monoisotopic (exact) mass is 236 g/mol. The zero-order valence-electron chi connectivity index (χ0n) is 9.40. The molecular weight excluding hydrogens is 220 g/mol. The second kappa shape index (κ2) is 5.25. The van der Waals surface area contributed by atoms with Gasteiger partial charge < -0.3 is 10.2 Å². The predicted molar refractivity (Wildman–Crippen MR) is 69.2 cm³/mol. The van der Waals surface area contributed by atoms with E-state index < -0.39 is 0 Å². The van der Waals surface area contributed by atoms with Crippen LogP contribution in [0.3, 0.4) is 0 Å². The van der Waals surface area contributed by atoms with Gasteiger partial charge in [-0.2, -0.15) is 11.8 Å². The largest absolute Gasteiger partial charge is 0.388 e. The second-order valence-electron chi connectivity index (χ2n) is 3.73. The summed E-state index contributed by atoms with van der Waals surface area (Å²) in [5, 5.41) is 3.04. The van der Waals surface area contributed by atoms with E-state index in [9.17, 15) is 4.79 Å². The molecule has 0 radical (unpaired) electrons. The maximum Gasteiger partial charge on any atom is 0.253 e. The minimum Gasteiger partial charge on any atom is -0.388 e. The van der Waals surface area contributed by atoms with E-state index in [1.54, 1.807) is 0 Å². The van der Waals surface area contributed by atoms with Gasteiger partial charge in [-0.15, -0.1) is 0 Å². The van der Waals surface area contributed by atoms with Crippen LogP contribution in [-0.4, -0.2) is 42.4 Å². The minimum absolute atomic E-state index is 0.156. The van der Waals surface area contributed by atoms with Crippen LogP contribution >= 0.6 is 11.8 Å². The molecule has 1 saturated heterocycles. The molecule has 0 unspecified atom stereocenters. The number of nitrogens with one attached hydrogen (secondary N) is 1. The molecule has 86 valence electrons. The summed E-state index contributed by atoms with van der Waals surface area (Å²) in [5.41, 5.74) is 1.82. The van der Waals surface area contributed by atoms with Gasteiger partial charge in [0.05, 0.1) is 0 Å². The highest BCUT2D eigenvalue weighted by atomic mass is 32.2. The van der Waals surface area contributed by atoms with Crippen LogP contribution in [0.15, 0.2) is 24.3 Å². The van der Waals surface area contributed by atoms with E-state index in [2.05, 4.69) is 5.32 Å². The average molecular weight is 236 g/mol. The van der Waals surface area contributed by atoms with E-state index in [-0.39, 0.29) is 5.91 Å². The van der Waals surface area contributed by atoms with Crippen molar-refractivity contribution in [2.45, 2.75) is 0 Å². The first-order valence-corrected chi connectivity index (χ1v) is 6.61. The van der Waals surface area contributed by atoms with Gasteiger partial charge in [0.2, 0.25) is 0 Å². The molecule has 0 bridgehead atoms. The van der Waals surface area contributed by atoms with E-state index in [4.69, 9.17) is 0 Å². The van der Waals surface area contributed by atoms with Crippen LogP contribution in [0.1, 0.15) is 10.4 Å². The zero-order chi connectivity index (χ0) is 11.4. The number of amides is 1. The Morgan fingerprint density at radius 3 is 2.44 bits per heavy atom. The summed E-state index contributed by atoms with van der Waals surface area (Å²) in [6, 6.07) is 7.64. The molecule has 0 atom stereocenters. The van der Waals surface area contributed by atoms with Crippen molar-refractivity contribution in [3.8, 4) is 0 Å². The van der Waals surface area contributed by atoms with E-state index in [1.165, 1.54) is 0 Å².